The number of primary amides is 1. The van der Waals surface area contributed by atoms with Crippen molar-refractivity contribution in [2.24, 2.45) is 5.73 Å². The van der Waals surface area contributed by atoms with E-state index in [2.05, 4.69) is 20.4 Å². The Balaban J connectivity index is 1.37. The number of carbonyl (C=O) groups is 1. The van der Waals surface area contributed by atoms with Gasteiger partial charge in [-0.3, -0.25) is 14.2 Å². The van der Waals surface area contributed by atoms with Crippen LogP contribution < -0.4 is 11.3 Å². The number of nitrogens with two attached hydrogens (primary N) is 1. The smallest absolute Gasteiger partial charge is 0.265 e. The number of para-hydroxylation sites is 1. The highest BCUT2D eigenvalue weighted by molar-refractivity contribution is 6.05. The molecule has 0 aliphatic rings. The van der Waals surface area contributed by atoms with Crippen LogP contribution in [0.25, 0.3) is 22.1 Å². The van der Waals surface area contributed by atoms with Gasteiger partial charge in [-0.2, -0.15) is 4.80 Å². The molecule has 4 aromatic heterocycles. The van der Waals surface area contributed by atoms with Gasteiger partial charge in [-0.1, -0.05) is 18.2 Å². The molecular weight excluding hydrogens is 418 g/mol. The number of aliphatic hydroxyl groups is 1. The molecule has 12 heteroatoms. The van der Waals surface area contributed by atoms with Crippen molar-refractivity contribution in [1.29, 1.82) is 0 Å². The summed E-state index contributed by atoms with van der Waals surface area (Å²) in [5.41, 5.74) is 5.56. The number of nitrogens with zero attached hydrogens (tertiary/aromatic N) is 6. The second-order valence-corrected chi connectivity index (χ2v) is 7.22. The SMILES string of the molecule is Cc1oc2ncn(Cc3nnn(C[C@H](O)c4cc5ccccc5o4)n3)c(=O)c2c1C(N)=O. The van der Waals surface area contributed by atoms with E-state index in [1.165, 1.54) is 22.6 Å². The molecule has 0 unspecified atom stereocenters. The Labute approximate surface area is 178 Å². The first-order valence-electron chi connectivity index (χ1n) is 9.62. The Morgan fingerprint density at radius 3 is 2.88 bits per heavy atom. The molecule has 0 saturated carbocycles. The molecule has 162 valence electrons. The lowest BCUT2D eigenvalue weighted by Crippen LogP contribution is -2.24. The van der Waals surface area contributed by atoms with Gasteiger partial charge in [-0.05, 0) is 24.3 Å². The van der Waals surface area contributed by atoms with Crippen LogP contribution in [0.1, 0.15) is 33.8 Å². The molecule has 3 N–H and O–H groups in total. The average Bonchev–Trinajstić information content (AvgIpc) is 3.46. The van der Waals surface area contributed by atoms with E-state index in [0.717, 1.165) is 5.39 Å². The molecule has 1 atom stereocenters. The summed E-state index contributed by atoms with van der Waals surface area (Å²) in [4.78, 5) is 29.8. The molecule has 1 aromatic carbocycles. The van der Waals surface area contributed by atoms with Crippen LogP contribution in [0.15, 0.2) is 50.3 Å². The van der Waals surface area contributed by atoms with E-state index in [0.29, 0.717) is 11.3 Å². The number of hydrogen-bond donors (Lipinski definition) is 2. The fourth-order valence-corrected chi connectivity index (χ4v) is 3.53. The van der Waals surface area contributed by atoms with Crippen LogP contribution >= 0.6 is 0 Å². The molecule has 1 amide bonds. The molecule has 0 saturated heterocycles. The van der Waals surface area contributed by atoms with Gasteiger partial charge in [-0.15, -0.1) is 10.2 Å². The van der Waals surface area contributed by atoms with Gasteiger partial charge >= 0.3 is 0 Å². The molecule has 0 fully saturated rings. The first-order chi connectivity index (χ1) is 15.4. The van der Waals surface area contributed by atoms with E-state index in [9.17, 15) is 14.7 Å². The summed E-state index contributed by atoms with van der Waals surface area (Å²) in [5, 5.41) is 23.4. The largest absolute Gasteiger partial charge is 0.458 e. The van der Waals surface area contributed by atoms with Gasteiger partial charge in [0, 0.05) is 5.39 Å². The maximum absolute atomic E-state index is 12.8. The number of benzene rings is 1. The summed E-state index contributed by atoms with van der Waals surface area (Å²) in [6.45, 7) is 1.49. The van der Waals surface area contributed by atoms with Crippen LogP contribution in [-0.2, 0) is 13.1 Å². The van der Waals surface area contributed by atoms with Crippen molar-refractivity contribution >= 4 is 28.0 Å². The van der Waals surface area contributed by atoms with Crippen molar-refractivity contribution in [1.82, 2.24) is 29.8 Å². The van der Waals surface area contributed by atoms with E-state index in [-0.39, 0.29) is 41.3 Å². The van der Waals surface area contributed by atoms with Crippen molar-refractivity contribution < 1.29 is 18.7 Å². The van der Waals surface area contributed by atoms with E-state index >= 15 is 0 Å². The first-order valence-corrected chi connectivity index (χ1v) is 9.62. The number of furan rings is 2. The van der Waals surface area contributed by atoms with Crippen molar-refractivity contribution in [3.8, 4) is 0 Å². The highest BCUT2D eigenvalue weighted by Gasteiger charge is 2.22. The van der Waals surface area contributed by atoms with Gasteiger partial charge in [0.2, 0.25) is 5.71 Å². The number of amides is 1. The number of rotatable bonds is 6. The van der Waals surface area contributed by atoms with Crippen LogP contribution in [0, 0.1) is 6.92 Å². The number of aryl methyl sites for hydroxylation is 1. The summed E-state index contributed by atoms with van der Waals surface area (Å²) >= 11 is 0. The van der Waals surface area contributed by atoms with Crippen molar-refractivity contribution in [2.75, 3.05) is 0 Å². The standard InChI is InChI=1S/C20H17N7O5/c1-10-16(18(21)29)17-19(31-10)22-9-26(20(17)30)8-15-23-25-27(24-15)7-12(28)14-6-11-4-2-3-5-13(11)32-14/h2-6,9,12,28H,7-8H2,1H3,(H2,21,29)/t12-/m0/s1. The summed E-state index contributed by atoms with van der Waals surface area (Å²) in [6, 6.07) is 9.17. The molecule has 12 nitrogen and oxygen atoms in total. The molecule has 5 aromatic rings. The van der Waals surface area contributed by atoms with Crippen molar-refractivity contribution in [3.05, 3.63) is 69.9 Å². The quantitative estimate of drug-likeness (QED) is 0.394. The van der Waals surface area contributed by atoms with Crippen LogP contribution in [0.5, 0.6) is 0 Å². The minimum atomic E-state index is -0.989. The second-order valence-electron chi connectivity index (χ2n) is 7.22. The maximum atomic E-state index is 12.8. The van der Waals surface area contributed by atoms with Gasteiger partial charge in [0.1, 0.15) is 34.9 Å². The Hall–Kier alpha value is -4.32. The monoisotopic (exact) mass is 435 g/mol. The third-order valence-corrected chi connectivity index (χ3v) is 5.02. The lowest BCUT2D eigenvalue weighted by molar-refractivity contribution is 0.1000. The lowest BCUT2D eigenvalue weighted by Gasteiger charge is -2.05. The number of carbonyl (C=O) groups excluding carboxylic acids is 1. The highest BCUT2D eigenvalue weighted by atomic mass is 16.4. The van der Waals surface area contributed by atoms with Gasteiger partial charge in [0.25, 0.3) is 11.5 Å². The minimum absolute atomic E-state index is 0.00239. The lowest BCUT2D eigenvalue weighted by atomic mass is 10.2. The van der Waals surface area contributed by atoms with E-state index in [1.807, 2.05) is 24.3 Å². The zero-order valence-corrected chi connectivity index (χ0v) is 16.8. The topological polar surface area (TPSA) is 168 Å². The van der Waals surface area contributed by atoms with Gasteiger partial charge in [-0.25, -0.2) is 4.98 Å². The predicted octanol–water partition coefficient (Wildman–Crippen LogP) is 0.911. The Kier molecular flexibility index (Phi) is 4.56. The van der Waals surface area contributed by atoms with Gasteiger partial charge in [0.15, 0.2) is 5.82 Å². The number of fused-ring (bicyclic) bond motifs is 2. The zero-order chi connectivity index (χ0) is 22.4. The molecule has 5 rings (SSSR count). The van der Waals surface area contributed by atoms with Crippen LogP contribution in [-0.4, -0.2) is 40.8 Å². The highest BCUT2D eigenvalue weighted by Crippen LogP contribution is 2.24. The van der Waals surface area contributed by atoms with Gasteiger partial charge < -0.3 is 19.7 Å². The minimum Gasteiger partial charge on any atom is -0.458 e. The van der Waals surface area contributed by atoms with Crippen LogP contribution in [0.2, 0.25) is 0 Å². The third-order valence-electron chi connectivity index (χ3n) is 5.02. The number of tetrazole rings is 1. The Bertz CT molecular complexity index is 1490. The van der Waals surface area contributed by atoms with Gasteiger partial charge in [0.05, 0.1) is 18.7 Å². The molecular formula is C20H17N7O5. The molecule has 4 heterocycles. The van der Waals surface area contributed by atoms with Crippen LogP contribution in [0.4, 0.5) is 0 Å². The average molecular weight is 435 g/mol. The molecule has 0 aliphatic heterocycles. The normalized spacial score (nSPS) is 12.6. The molecule has 0 spiro atoms. The first kappa shape index (κ1) is 19.6. The van der Waals surface area contributed by atoms with E-state index in [1.54, 1.807) is 6.07 Å². The number of aromatic nitrogens is 6. The molecule has 0 aliphatic carbocycles. The fourth-order valence-electron chi connectivity index (χ4n) is 3.53. The summed E-state index contributed by atoms with van der Waals surface area (Å²) < 4.78 is 12.2. The number of aliphatic hydroxyl groups excluding tert-OH is 1. The van der Waals surface area contributed by atoms with Crippen molar-refractivity contribution in [3.63, 3.8) is 0 Å². The second kappa shape index (κ2) is 7.42. The summed E-state index contributed by atoms with van der Waals surface area (Å²) in [5.74, 6) is 0.0381. The zero-order valence-electron chi connectivity index (χ0n) is 16.8. The number of hydrogen-bond acceptors (Lipinski definition) is 9. The van der Waals surface area contributed by atoms with Crippen molar-refractivity contribution in [2.45, 2.75) is 26.1 Å². The van der Waals surface area contributed by atoms with E-state index in [4.69, 9.17) is 14.6 Å². The fraction of sp³-hybridized carbons (Fsp3) is 0.200. The predicted molar refractivity (Wildman–Crippen MR) is 110 cm³/mol. The Morgan fingerprint density at radius 1 is 1.28 bits per heavy atom. The van der Waals surface area contributed by atoms with E-state index < -0.39 is 17.6 Å². The maximum Gasteiger partial charge on any atom is 0.265 e. The van der Waals surface area contributed by atoms with Crippen LogP contribution in [0.3, 0.4) is 0 Å². The molecule has 32 heavy (non-hydrogen) atoms. The summed E-state index contributed by atoms with van der Waals surface area (Å²) in [7, 11) is 0. The molecule has 0 bridgehead atoms. The third kappa shape index (κ3) is 3.32. The summed E-state index contributed by atoms with van der Waals surface area (Å²) in [6.07, 6.45) is 0.278. The Morgan fingerprint density at radius 2 is 2.09 bits per heavy atom. The molecule has 0 radical (unpaired) electrons.